The second kappa shape index (κ2) is 5.18. The van der Waals surface area contributed by atoms with E-state index in [9.17, 15) is 4.79 Å². The van der Waals surface area contributed by atoms with E-state index < -0.39 is 5.91 Å². The molecule has 0 spiro atoms. The number of rotatable bonds is 5. The molecule has 4 N–H and O–H groups in total. The Morgan fingerprint density at radius 3 is 2.86 bits per heavy atom. The maximum atomic E-state index is 10.7. The van der Waals surface area contributed by atoms with E-state index in [0.29, 0.717) is 0 Å². The molecule has 14 heavy (non-hydrogen) atoms. The third-order valence-electron chi connectivity index (χ3n) is 1.62. The number of pyridine rings is 1. The van der Waals surface area contributed by atoms with Gasteiger partial charge < -0.3 is 11.2 Å². The topological polar surface area (TPSA) is 80.0 Å². The predicted octanol–water partition coefficient (Wildman–Crippen LogP) is 0.507. The van der Waals surface area contributed by atoms with E-state index in [1.807, 2.05) is 0 Å². The summed E-state index contributed by atoms with van der Waals surface area (Å²) in [6, 6.07) is 3.33. The Morgan fingerprint density at radius 1 is 1.57 bits per heavy atom. The summed E-state index contributed by atoms with van der Waals surface area (Å²) in [4.78, 5) is 14.6. The average Bonchev–Trinajstić information content (AvgIpc) is 2.19. The lowest BCUT2D eigenvalue weighted by molar-refractivity contribution is 0.0995. The van der Waals surface area contributed by atoms with Crippen LogP contribution in [0.25, 0.3) is 0 Å². The highest BCUT2D eigenvalue weighted by molar-refractivity contribution is 5.90. The van der Waals surface area contributed by atoms with Crippen LogP contribution >= 0.6 is 0 Å². The summed E-state index contributed by atoms with van der Waals surface area (Å²) in [7, 11) is 0. The van der Waals surface area contributed by atoms with Crippen molar-refractivity contribution < 1.29 is 4.79 Å². The standard InChI is InChI=1S/C9H14N4O/c1-2-5-12-13-7-3-4-8(9(10)14)11-6-7/h3-4,6,12-13H,2,5H2,1H3,(H2,10,14). The van der Waals surface area contributed by atoms with E-state index in [2.05, 4.69) is 22.8 Å². The highest BCUT2D eigenvalue weighted by Gasteiger charge is 2.00. The molecule has 0 aliphatic heterocycles. The molecule has 0 radical (unpaired) electrons. The molecule has 1 aromatic rings. The zero-order chi connectivity index (χ0) is 10.4. The Morgan fingerprint density at radius 2 is 2.36 bits per heavy atom. The summed E-state index contributed by atoms with van der Waals surface area (Å²) in [5.74, 6) is -0.516. The average molecular weight is 194 g/mol. The van der Waals surface area contributed by atoms with Gasteiger partial charge in [-0.15, -0.1) is 0 Å². The quantitative estimate of drug-likeness (QED) is 0.471. The lowest BCUT2D eigenvalue weighted by atomic mass is 10.3. The van der Waals surface area contributed by atoms with E-state index in [-0.39, 0.29) is 5.69 Å². The van der Waals surface area contributed by atoms with Crippen molar-refractivity contribution in [3.8, 4) is 0 Å². The van der Waals surface area contributed by atoms with Crippen molar-refractivity contribution in [2.75, 3.05) is 12.0 Å². The Kier molecular flexibility index (Phi) is 3.87. The molecular formula is C9H14N4O. The summed E-state index contributed by atoms with van der Waals surface area (Å²) in [6.07, 6.45) is 2.60. The van der Waals surface area contributed by atoms with E-state index in [1.165, 1.54) is 0 Å². The number of nitrogens with one attached hydrogen (secondary N) is 2. The van der Waals surface area contributed by atoms with Crippen LogP contribution in [-0.4, -0.2) is 17.4 Å². The maximum Gasteiger partial charge on any atom is 0.267 e. The number of carbonyl (C=O) groups excluding carboxylic acids is 1. The number of hydrogen-bond donors (Lipinski definition) is 3. The Balaban J connectivity index is 2.51. The number of hydrogen-bond acceptors (Lipinski definition) is 4. The summed E-state index contributed by atoms with van der Waals surface area (Å²) in [5, 5.41) is 0. The molecule has 0 aromatic carbocycles. The van der Waals surface area contributed by atoms with Gasteiger partial charge in [0.15, 0.2) is 0 Å². The van der Waals surface area contributed by atoms with Crippen molar-refractivity contribution in [1.82, 2.24) is 10.4 Å². The molecule has 5 heteroatoms. The Bertz CT molecular complexity index is 296. The van der Waals surface area contributed by atoms with Gasteiger partial charge in [-0.25, -0.2) is 10.4 Å². The van der Waals surface area contributed by atoms with Crippen molar-refractivity contribution >= 4 is 11.6 Å². The van der Waals surface area contributed by atoms with Crippen LogP contribution in [0.5, 0.6) is 0 Å². The monoisotopic (exact) mass is 194 g/mol. The largest absolute Gasteiger partial charge is 0.364 e. The van der Waals surface area contributed by atoms with Gasteiger partial charge in [-0.3, -0.25) is 4.79 Å². The van der Waals surface area contributed by atoms with E-state index >= 15 is 0 Å². The van der Waals surface area contributed by atoms with Crippen LogP contribution in [0.2, 0.25) is 0 Å². The zero-order valence-electron chi connectivity index (χ0n) is 8.08. The SMILES string of the molecule is CCCNNc1ccc(C(N)=O)nc1. The lowest BCUT2D eigenvalue weighted by Gasteiger charge is -2.06. The number of amides is 1. The molecular weight excluding hydrogens is 180 g/mol. The van der Waals surface area contributed by atoms with Gasteiger partial charge >= 0.3 is 0 Å². The molecule has 0 aliphatic carbocycles. The highest BCUT2D eigenvalue weighted by Crippen LogP contribution is 2.03. The molecule has 1 rings (SSSR count). The third kappa shape index (κ3) is 3.02. The lowest BCUT2D eigenvalue weighted by Crippen LogP contribution is -2.22. The minimum Gasteiger partial charge on any atom is -0.364 e. The molecule has 0 bridgehead atoms. The van der Waals surface area contributed by atoms with Gasteiger partial charge in [-0.1, -0.05) is 6.92 Å². The van der Waals surface area contributed by atoms with E-state index in [0.717, 1.165) is 18.7 Å². The summed E-state index contributed by atoms with van der Waals surface area (Å²) in [5.41, 5.74) is 12.1. The molecule has 0 aliphatic rings. The number of nitrogens with two attached hydrogens (primary N) is 1. The van der Waals surface area contributed by atoms with Crippen LogP contribution in [-0.2, 0) is 0 Å². The van der Waals surface area contributed by atoms with Crippen molar-refractivity contribution in [3.63, 3.8) is 0 Å². The van der Waals surface area contributed by atoms with Gasteiger partial charge in [0.25, 0.3) is 5.91 Å². The number of primary amides is 1. The van der Waals surface area contributed by atoms with Crippen LogP contribution in [0.4, 0.5) is 5.69 Å². The molecule has 1 amide bonds. The van der Waals surface area contributed by atoms with Crippen LogP contribution in [0.1, 0.15) is 23.8 Å². The first kappa shape index (κ1) is 10.5. The fourth-order valence-electron chi connectivity index (χ4n) is 0.903. The molecule has 5 nitrogen and oxygen atoms in total. The van der Waals surface area contributed by atoms with Gasteiger partial charge in [0.2, 0.25) is 0 Å². The predicted molar refractivity (Wildman–Crippen MR) is 54.7 cm³/mol. The van der Waals surface area contributed by atoms with E-state index in [1.54, 1.807) is 18.3 Å². The van der Waals surface area contributed by atoms with E-state index in [4.69, 9.17) is 5.73 Å². The second-order valence-electron chi connectivity index (χ2n) is 2.85. The van der Waals surface area contributed by atoms with Crippen LogP contribution in [0, 0.1) is 0 Å². The van der Waals surface area contributed by atoms with Crippen LogP contribution < -0.4 is 16.6 Å². The van der Waals surface area contributed by atoms with Crippen LogP contribution in [0.3, 0.4) is 0 Å². The van der Waals surface area contributed by atoms with Gasteiger partial charge in [-0.2, -0.15) is 0 Å². The number of anilines is 1. The Hall–Kier alpha value is -1.62. The summed E-state index contributed by atoms with van der Waals surface area (Å²) >= 11 is 0. The first-order valence-corrected chi connectivity index (χ1v) is 4.48. The third-order valence-corrected chi connectivity index (χ3v) is 1.62. The molecule has 1 aromatic heterocycles. The number of aromatic nitrogens is 1. The molecule has 0 unspecified atom stereocenters. The number of hydrazine groups is 1. The maximum absolute atomic E-state index is 10.7. The normalized spacial score (nSPS) is 9.79. The Labute approximate surface area is 82.7 Å². The van der Waals surface area contributed by atoms with Crippen LogP contribution in [0.15, 0.2) is 18.3 Å². The summed E-state index contributed by atoms with van der Waals surface area (Å²) < 4.78 is 0. The molecule has 1 heterocycles. The molecule has 0 atom stereocenters. The summed E-state index contributed by atoms with van der Waals surface area (Å²) in [6.45, 7) is 2.95. The molecule has 0 fully saturated rings. The minimum atomic E-state index is -0.516. The first-order chi connectivity index (χ1) is 6.74. The van der Waals surface area contributed by atoms with Crippen molar-refractivity contribution in [2.45, 2.75) is 13.3 Å². The number of nitrogens with zero attached hydrogens (tertiary/aromatic N) is 1. The fraction of sp³-hybridized carbons (Fsp3) is 0.333. The highest BCUT2D eigenvalue weighted by atomic mass is 16.1. The first-order valence-electron chi connectivity index (χ1n) is 4.48. The van der Waals surface area contributed by atoms with Gasteiger partial charge in [0.1, 0.15) is 5.69 Å². The second-order valence-corrected chi connectivity index (χ2v) is 2.85. The molecule has 76 valence electrons. The van der Waals surface area contributed by atoms with Crippen molar-refractivity contribution in [2.24, 2.45) is 5.73 Å². The van der Waals surface area contributed by atoms with Crippen molar-refractivity contribution in [1.29, 1.82) is 0 Å². The molecule has 0 saturated carbocycles. The van der Waals surface area contributed by atoms with Gasteiger partial charge in [0, 0.05) is 6.54 Å². The van der Waals surface area contributed by atoms with Crippen molar-refractivity contribution in [3.05, 3.63) is 24.0 Å². The van der Waals surface area contributed by atoms with Gasteiger partial charge in [0.05, 0.1) is 11.9 Å². The number of carbonyl (C=O) groups is 1. The smallest absolute Gasteiger partial charge is 0.267 e. The van der Waals surface area contributed by atoms with Gasteiger partial charge in [-0.05, 0) is 18.6 Å². The minimum absolute atomic E-state index is 0.269. The fourth-order valence-corrected chi connectivity index (χ4v) is 0.903. The molecule has 0 saturated heterocycles. The zero-order valence-corrected chi connectivity index (χ0v) is 8.08.